The second-order valence-electron chi connectivity index (χ2n) is 8.70. The number of imidazole rings is 1. The van der Waals surface area contributed by atoms with Crippen LogP contribution >= 0.6 is 0 Å². The maximum atomic E-state index is 14.3. The number of aryl methyl sites for hydroxylation is 2. The number of alkyl halides is 2. The summed E-state index contributed by atoms with van der Waals surface area (Å²) in [5, 5.41) is 0. The van der Waals surface area contributed by atoms with Gasteiger partial charge in [-0.1, -0.05) is 48.9 Å². The second kappa shape index (κ2) is 9.23. The molecule has 0 aliphatic heterocycles. The van der Waals surface area contributed by atoms with E-state index in [9.17, 15) is 13.6 Å². The molecule has 0 N–H and O–H groups in total. The zero-order chi connectivity index (χ0) is 22.7. The third-order valence-electron chi connectivity index (χ3n) is 6.39. The number of allylic oxidation sites excluding steroid dienone is 6. The molecular formula is C26H29F2N3O. The summed E-state index contributed by atoms with van der Waals surface area (Å²) < 4.78 is 30.6. The number of nitrogens with zero attached hydrogens (tertiary/aromatic N) is 3. The molecule has 4 rings (SSSR count). The Hall–Kier alpha value is -3.02. The van der Waals surface area contributed by atoms with Crippen molar-refractivity contribution < 1.29 is 13.6 Å². The van der Waals surface area contributed by atoms with E-state index < -0.39 is 5.92 Å². The smallest absolute Gasteiger partial charge is 0.273 e. The molecule has 168 valence electrons. The van der Waals surface area contributed by atoms with Gasteiger partial charge in [0.1, 0.15) is 5.82 Å². The lowest BCUT2D eigenvalue weighted by molar-refractivity contribution is -0.119. The zero-order valence-corrected chi connectivity index (χ0v) is 18.6. The van der Waals surface area contributed by atoms with E-state index in [1.807, 2.05) is 36.0 Å². The fourth-order valence-electron chi connectivity index (χ4n) is 4.42. The largest absolute Gasteiger partial charge is 0.337 e. The minimum atomic E-state index is -2.80. The molecule has 2 aliphatic rings. The van der Waals surface area contributed by atoms with Gasteiger partial charge < -0.3 is 9.47 Å². The van der Waals surface area contributed by atoms with Crippen LogP contribution in [0, 0.1) is 5.92 Å². The number of halogens is 2. The quantitative estimate of drug-likeness (QED) is 0.569. The van der Waals surface area contributed by atoms with Crippen LogP contribution in [0.2, 0.25) is 0 Å². The number of fused-ring (bicyclic) bond motifs is 1. The Morgan fingerprint density at radius 1 is 1.28 bits per heavy atom. The van der Waals surface area contributed by atoms with Crippen LogP contribution in [-0.4, -0.2) is 15.5 Å². The Labute approximate surface area is 188 Å². The molecule has 0 unspecified atom stereocenters. The van der Waals surface area contributed by atoms with Crippen molar-refractivity contribution in [3.8, 4) is 0 Å². The average molecular weight is 438 g/mol. The van der Waals surface area contributed by atoms with Crippen LogP contribution in [0.1, 0.15) is 49.6 Å². The molecule has 1 atom stereocenters. The van der Waals surface area contributed by atoms with Crippen molar-refractivity contribution in [2.24, 2.45) is 13.0 Å². The summed E-state index contributed by atoms with van der Waals surface area (Å²) in [6.07, 6.45) is 15.8. The number of amides is 1. The van der Waals surface area contributed by atoms with Crippen LogP contribution in [0.5, 0.6) is 0 Å². The van der Waals surface area contributed by atoms with Crippen LogP contribution in [0.25, 0.3) is 0 Å². The number of hydrogen-bond acceptors (Lipinski definition) is 2. The molecule has 1 aromatic carbocycles. The van der Waals surface area contributed by atoms with Crippen molar-refractivity contribution in [2.75, 3.05) is 4.90 Å². The molecular weight excluding hydrogens is 408 g/mol. The highest BCUT2D eigenvalue weighted by molar-refractivity contribution is 5.93. The van der Waals surface area contributed by atoms with E-state index >= 15 is 0 Å². The topological polar surface area (TPSA) is 38.1 Å². The molecule has 2 aliphatic carbocycles. The molecule has 6 heteroatoms. The van der Waals surface area contributed by atoms with E-state index in [2.05, 4.69) is 24.1 Å². The monoisotopic (exact) mass is 437 g/mol. The SMILES string of the molecule is C[C@@H](CC(=O)N(Cc1nccn1C)c1ccc2c(c1)CCCC2(F)F)C1=CC=CC=CC1. The Bertz CT molecular complexity index is 1080. The lowest BCUT2D eigenvalue weighted by atomic mass is 9.88. The van der Waals surface area contributed by atoms with Crippen molar-refractivity contribution in [3.63, 3.8) is 0 Å². The number of rotatable bonds is 6. The first-order valence-electron chi connectivity index (χ1n) is 11.2. The number of benzene rings is 1. The molecule has 0 bridgehead atoms. The Morgan fingerprint density at radius 2 is 2.12 bits per heavy atom. The first-order valence-corrected chi connectivity index (χ1v) is 11.2. The summed E-state index contributed by atoms with van der Waals surface area (Å²) in [6.45, 7) is 2.35. The third kappa shape index (κ3) is 4.74. The molecule has 1 heterocycles. The van der Waals surface area contributed by atoms with Crippen molar-refractivity contribution in [3.05, 3.63) is 83.5 Å². The lowest BCUT2D eigenvalue weighted by Crippen LogP contribution is -2.33. The predicted octanol–water partition coefficient (Wildman–Crippen LogP) is 5.85. The van der Waals surface area contributed by atoms with Crippen LogP contribution < -0.4 is 4.90 Å². The van der Waals surface area contributed by atoms with Gasteiger partial charge in [-0.3, -0.25) is 4.79 Å². The van der Waals surface area contributed by atoms with Crippen molar-refractivity contribution in [1.29, 1.82) is 0 Å². The summed E-state index contributed by atoms with van der Waals surface area (Å²) in [6, 6.07) is 4.92. The maximum Gasteiger partial charge on any atom is 0.273 e. The summed E-state index contributed by atoms with van der Waals surface area (Å²) in [5.74, 6) is -2.03. The Morgan fingerprint density at radius 3 is 2.91 bits per heavy atom. The summed E-state index contributed by atoms with van der Waals surface area (Å²) in [4.78, 5) is 19.6. The second-order valence-corrected chi connectivity index (χ2v) is 8.70. The van der Waals surface area contributed by atoms with Crippen molar-refractivity contribution in [1.82, 2.24) is 9.55 Å². The number of aromatic nitrogens is 2. The fraction of sp³-hybridized carbons (Fsp3) is 0.385. The number of carbonyl (C=O) groups is 1. The van der Waals surface area contributed by atoms with Crippen molar-refractivity contribution >= 4 is 11.6 Å². The van der Waals surface area contributed by atoms with Gasteiger partial charge >= 0.3 is 0 Å². The summed E-state index contributed by atoms with van der Waals surface area (Å²) in [7, 11) is 1.88. The van der Waals surface area contributed by atoms with Crippen LogP contribution in [0.3, 0.4) is 0 Å². The number of hydrogen-bond donors (Lipinski definition) is 0. The van der Waals surface area contributed by atoms with Gasteiger partial charge in [-0.15, -0.1) is 0 Å². The van der Waals surface area contributed by atoms with Gasteiger partial charge in [-0.2, -0.15) is 0 Å². The standard InChI is InChI=1S/C26H29F2N3O/c1-19(20-8-5-3-4-6-9-20)16-25(32)31(18-24-29-14-15-30(24)2)22-11-12-23-21(17-22)10-7-13-26(23,27)28/h3-6,8,11-12,14-15,17,19H,7,9-10,13,16,18H2,1-2H3/t19-/m0/s1. The van der Waals surface area contributed by atoms with Crippen LogP contribution in [0.15, 0.2) is 66.5 Å². The number of anilines is 1. The Kier molecular flexibility index (Phi) is 6.40. The van der Waals surface area contributed by atoms with Crippen LogP contribution in [0.4, 0.5) is 14.5 Å². The minimum absolute atomic E-state index is 0.0406. The first-order chi connectivity index (χ1) is 15.3. The fourth-order valence-corrected chi connectivity index (χ4v) is 4.42. The van der Waals surface area contributed by atoms with Gasteiger partial charge in [-0.05, 0) is 42.9 Å². The highest BCUT2D eigenvalue weighted by Gasteiger charge is 2.37. The normalized spacial score (nSPS) is 17.9. The van der Waals surface area contributed by atoms with Crippen molar-refractivity contribution in [2.45, 2.75) is 51.5 Å². The lowest BCUT2D eigenvalue weighted by Gasteiger charge is -2.29. The third-order valence-corrected chi connectivity index (χ3v) is 6.39. The molecule has 0 saturated heterocycles. The molecule has 1 amide bonds. The maximum absolute atomic E-state index is 14.3. The first kappa shape index (κ1) is 22.2. The van der Waals surface area contributed by atoms with E-state index in [1.54, 1.807) is 23.2 Å². The molecule has 2 aromatic rings. The van der Waals surface area contributed by atoms with Gasteiger partial charge in [0.25, 0.3) is 5.92 Å². The van der Waals surface area contributed by atoms with E-state index in [0.717, 1.165) is 12.2 Å². The highest BCUT2D eigenvalue weighted by atomic mass is 19.3. The summed E-state index contributed by atoms with van der Waals surface area (Å²) >= 11 is 0. The van der Waals surface area contributed by atoms with E-state index in [1.165, 1.54) is 11.6 Å². The summed E-state index contributed by atoms with van der Waals surface area (Å²) in [5.41, 5.74) is 2.57. The molecule has 1 aromatic heterocycles. The minimum Gasteiger partial charge on any atom is -0.337 e. The van der Waals surface area contributed by atoms with E-state index in [-0.39, 0.29) is 23.8 Å². The molecule has 0 saturated carbocycles. The van der Waals surface area contributed by atoms with Gasteiger partial charge in [0.2, 0.25) is 5.91 Å². The van der Waals surface area contributed by atoms with Crippen LogP contribution in [-0.2, 0) is 30.7 Å². The zero-order valence-electron chi connectivity index (χ0n) is 18.6. The Balaban J connectivity index is 1.62. The number of carbonyl (C=O) groups excluding carboxylic acids is 1. The molecule has 0 spiro atoms. The predicted molar refractivity (Wildman–Crippen MR) is 122 cm³/mol. The molecule has 4 nitrogen and oxygen atoms in total. The van der Waals surface area contributed by atoms with Gasteiger partial charge in [0, 0.05) is 43.5 Å². The molecule has 0 fully saturated rings. The highest BCUT2D eigenvalue weighted by Crippen LogP contribution is 2.41. The van der Waals surface area contributed by atoms with Gasteiger partial charge in [-0.25, -0.2) is 13.8 Å². The average Bonchev–Trinajstić information content (AvgIpc) is 2.99. The van der Waals surface area contributed by atoms with E-state index in [0.29, 0.717) is 37.1 Å². The van der Waals surface area contributed by atoms with Gasteiger partial charge in [0.05, 0.1) is 6.54 Å². The van der Waals surface area contributed by atoms with Gasteiger partial charge in [0.15, 0.2) is 0 Å². The molecule has 32 heavy (non-hydrogen) atoms. The van der Waals surface area contributed by atoms with E-state index in [4.69, 9.17) is 0 Å². The molecule has 0 radical (unpaired) electrons.